The number of hydrogen-bond acceptors (Lipinski definition) is 17. The lowest BCUT2D eigenvalue weighted by molar-refractivity contribution is -0.162. The van der Waals surface area contributed by atoms with Crippen LogP contribution in [-0.2, 0) is 47.9 Å². The Hall–Kier alpha value is -5.61. The SMILES string of the molecule is C[C@H](N)C(=O)N[C@@H](CO)C(=O)N[C@@H](CO)C(=O)N[C@H](CCCN=C(N)N)[C@H](O)CC(=O)OCC1=C(C(=O)O)N2C(=O)[C@@](NC=O)(NC(=O)CCC[C@@H](N)C(=O)O)C2SC1. The molecule has 1 fully saturated rings. The number of aliphatic imine (C=N–C) groups is 1. The highest BCUT2D eigenvalue weighted by atomic mass is 32.2. The summed E-state index contributed by atoms with van der Waals surface area (Å²) in [5, 5.41) is 59.6. The van der Waals surface area contributed by atoms with E-state index in [1.54, 1.807) is 0 Å². The predicted molar refractivity (Wildman–Crippen MR) is 202 cm³/mol. The number of nitrogens with two attached hydrogens (primary N) is 4. The number of hydrogen-bond donors (Lipinski definition) is 14. The van der Waals surface area contributed by atoms with Gasteiger partial charge in [-0.05, 0) is 32.6 Å². The van der Waals surface area contributed by atoms with E-state index in [2.05, 4.69) is 31.6 Å². The molecule has 0 radical (unpaired) electrons. The molecule has 0 spiro atoms. The second kappa shape index (κ2) is 23.1. The number of guanidine groups is 1. The van der Waals surface area contributed by atoms with Crippen LogP contribution in [0.5, 0.6) is 0 Å². The third-order valence-electron chi connectivity index (χ3n) is 8.80. The zero-order chi connectivity index (χ0) is 44.6. The Balaban J connectivity index is 2.17. The van der Waals surface area contributed by atoms with Crippen molar-refractivity contribution in [3.63, 3.8) is 0 Å². The lowest BCUT2D eigenvalue weighted by Gasteiger charge is -2.56. The molecule has 0 aromatic carbocycles. The monoisotopic (exact) mass is 861 g/mol. The number of aliphatic carboxylic acids is 2. The van der Waals surface area contributed by atoms with Gasteiger partial charge in [0.2, 0.25) is 35.7 Å². The van der Waals surface area contributed by atoms with Gasteiger partial charge in [0.1, 0.15) is 35.8 Å². The highest BCUT2D eigenvalue weighted by Gasteiger charge is 2.66. The van der Waals surface area contributed by atoms with E-state index in [0.717, 1.165) is 16.7 Å². The van der Waals surface area contributed by atoms with Gasteiger partial charge < -0.3 is 79.8 Å². The minimum absolute atomic E-state index is 0.0202. The Morgan fingerprint density at radius 2 is 1.59 bits per heavy atom. The van der Waals surface area contributed by atoms with Crippen LogP contribution in [0.25, 0.3) is 0 Å². The molecular weight excluding hydrogens is 810 g/mol. The minimum atomic E-state index is -2.05. The van der Waals surface area contributed by atoms with Gasteiger partial charge in [0.25, 0.3) is 5.91 Å². The molecule has 0 aromatic rings. The topological polar surface area (TPSA) is 444 Å². The van der Waals surface area contributed by atoms with Crippen LogP contribution in [0.3, 0.4) is 0 Å². The van der Waals surface area contributed by atoms with Gasteiger partial charge in [-0.15, -0.1) is 11.8 Å². The summed E-state index contributed by atoms with van der Waals surface area (Å²) in [6, 6.07) is -6.74. The molecule has 6 amide bonds. The van der Waals surface area contributed by atoms with E-state index in [1.807, 2.05) is 0 Å². The maximum Gasteiger partial charge on any atom is 0.352 e. The van der Waals surface area contributed by atoms with E-state index in [0.29, 0.717) is 0 Å². The Labute approximate surface area is 340 Å². The quantitative estimate of drug-likeness (QED) is 0.00730. The molecule has 330 valence electrons. The van der Waals surface area contributed by atoms with Gasteiger partial charge >= 0.3 is 17.9 Å². The largest absolute Gasteiger partial charge is 0.480 e. The number of esters is 1. The molecule has 2 heterocycles. The normalized spacial score (nSPS) is 20.1. The summed E-state index contributed by atoms with van der Waals surface area (Å²) in [6.07, 6.45) is -2.60. The summed E-state index contributed by atoms with van der Waals surface area (Å²) in [5.74, 6) is -9.09. The van der Waals surface area contributed by atoms with E-state index in [4.69, 9.17) is 32.8 Å². The summed E-state index contributed by atoms with van der Waals surface area (Å²) >= 11 is 0.917. The fraction of sp³-hybridized carbons (Fsp3) is 0.625. The zero-order valence-electron chi connectivity index (χ0n) is 31.8. The number of β-lactam (4-membered cyclic amide) rings is 1. The number of ether oxygens (including phenoxy) is 1. The number of carbonyl (C=O) groups excluding carboxylic acids is 7. The molecule has 1 unspecified atom stereocenters. The van der Waals surface area contributed by atoms with Crippen molar-refractivity contribution in [2.45, 2.75) is 92.8 Å². The molecule has 27 heteroatoms. The van der Waals surface area contributed by atoms with Crippen molar-refractivity contribution in [3.8, 4) is 0 Å². The Kier molecular flexibility index (Phi) is 19.4. The number of rotatable bonds is 26. The summed E-state index contributed by atoms with van der Waals surface area (Å²) < 4.78 is 5.24. The van der Waals surface area contributed by atoms with E-state index in [-0.39, 0.29) is 62.3 Å². The summed E-state index contributed by atoms with van der Waals surface area (Å²) in [5.41, 5.74) is 18.9. The second-order valence-corrected chi connectivity index (χ2v) is 14.4. The fourth-order valence-electron chi connectivity index (χ4n) is 5.66. The van der Waals surface area contributed by atoms with Gasteiger partial charge in [-0.25, -0.2) is 4.79 Å². The number of carboxylic acid groups (broad SMARTS) is 2. The van der Waals surface area contributed by atoms with E-state index < -0.39 is 127 Å². The van der Waals surface area contributed by atoms with Gasteiger partial charge in [-0.3, -0.25) is 48.2 Å². The highest BCUT2D eigenvalue weighted by Crippen LogP contribution is 2.45. The number of nitrogens with one attached hydrogen (secondary N) is 5. The number of carboxylic acids is 2. The third-order valence-corrected chi connectivity index (χ3v) is 10.2. The van der Waals surface area contributed by atoms with Crippen molar-refractivity contribution in [1.82, 2.24) is 31.5 Å². The molecule has 2 aliphatic heterocycles. The van der Waals surface area contributed by atoms with Crippen LogP contribution >= 0.6 is 11.8 Å². The van der Waals surface area contributed by atoms with Gasteiger partial charge in [0, 0.05) is 24.3 Å². The van der Waals surface area contributed by atoms with Crippen LogP contribution in [0.15, 0.2) is 16.3 Å². The number of aliphatic hydroxyl groups is 3. The Morgan fingerprint density at radius 3 is 2.14 bits per heavy atom. The first-order chi connectivity index (χ1) is 27.7. The number of aliphatic hydroxyl groups excluding tert-OH is 3. The van der Waals surface area contributed by atoms with Crippen LogP contribution < -0.4 is 49.5 Å². The lowest BCUT2D eigenvalue weighted by Crippen LogP contribution is -2.85. The highest BCUT2D eigenvalue weighted by molar-refractivity contribution is 8.00. The number of nitrogens with zero attached hydrogens (tertiary/aromatic N) is 2. The van der Waals surface area contributed by atoms with Crippen LogP contribution in [0.4, 0.5) is 0 Å². The predicted octanol–water partition coefficient (Wildman–Crippen LogP) is -7.49. The van der Waals surface area contributed by atoms with E-state index in [9.17, 15) is 63.6 Å². The van der Waals surface area contributed by atoms with E-state index >= 15 is 0 Å². The van der Waals surface area contributed by atoms with Crippen molar-refractivity contribution in [3.05, 3.63) is 11.3 Å². The minimum Gasteiger partial charge on any atom is -0.480 e. The molecule has 1 saturated heterocycles. The molecule has 8 atom stereocenters. The van der Waals surface area contributed by atoms with Crippen molar-refractivity contribution in [2.75, 3.05) is 32.1 Å². The molecule has 0 aliphatic carbocycles. The molecule has 2 aliphatic rings. The summed E-state index contributed by atoms with van der Waals surface area (Å²) in [6.45, 7) is -1.20. The van der Waals surface area contributed by atoms with Gasteiger partial charge in [0.05, 0.1) is 37.8 Å². The second-order valence-electron chi connectivity index (χ2n) is 13.3. The van der Waals surface area contributed by atoms with Crippen LogP contribution in [0.2, 0.25) is 0 Å². The maximum atomic E-state index is 13.4. The smallest absolute Gasteiger partial charge is 0.352 e. The molecular formula is C32H51N11O15S. The number of amides is 6. The van der Waals surface area contributed by atoms with E-state index in [1.165, 1.54) is 6.92 Å². The Bertz CT molecular complexity index is 1660. The Morgan fingerprint density at radius 1 is 0.983 bits per heavy atom. The van der Waals surface area contributed by atoms with Crippen LogP contribution in [-0.4, -0.2) is 170 Å². The van der Waals surface area contributed by atoms with Crippen molar-refractivity contribution >= 4 is 71.6 Å². The van der Waals surface area contributed by atoms with Crippen molar-refractivity contribution in [1.29, 1.82) is 0 Å². The van der Waals surface area contributed by atoms with Crippen molar-refractivity contribution < 1.29 is 73.4 Å². The van der Waals surface area contributed by atoms with Gasteiger partial charge in [-0.2, -0.15) is 0 Å². The average molecular weight is 862 g/mol. The number of carbonyl (C=O) groups is 9. The summed E-state index contributed by atoms with van der Waals surface area (Å²) in [7, 11) is 0. The number of thioether (sulfide) groups is 1. The lowest BCUT2D eigenvalue weighted by atomic mass is 9.94. The zero-order valence-corrected chi connectivity index (χ0v) is 32.6. The third kappa shape index (κ3) is 13.7. The molecule has 26 nitrogen and oxygen atoms in total. The van der Waals surface area contributed by atoms with Crippen LogP contribution in [0, 0.1) is 0 Å². The van der Waals surface area contributed by atoms with Gasteiger partial charge in [-0.1, -0.05) is 0 Å². The average Bonchev–Trinajstić information content (AvgIpc) is 3.17. The molecule has 0 aromatic heterocycles. The first-order valence-electron chi connectivity index (χ1n) is 17.9. The molecule has 18 N–H and O–H groups in total. The standard InChI is InChI=1S/C32H51N11O15S/c1-14(33)24(50)40-18(9-44)26(52)41-19(10-45)25(51)39-17(5-3-7-37-31(35)36)20(47)8-22(49)58-11-15-12-59-30-32(38-13-46,29(57)43(30)23(15)28(55)56)42-21(48)6-2-4-16(34)27(53)54/h13-14,16-20,30,44-45,47H,2-12,33-34H2,1H3,(H,38,46)(H,39,51)(H,40,50)(H,41,52)(H,42,48)(H,53,54)(H,55,56)(H4,35,36,37)/t14-,16+,17+,18-,19-,20+,30?,32+/m0/s1. The fourth-order valence-corrected chi connectivity index (χ4v) is 7.07. The van der Waals surface area contributed by atoms with Crippen LogP contribution in [0.1, 0.15) is 45.4 Å². The first-order valence-corrected chi connectivity index (χ1v) is 19.0. The maximum absolute atomic E-state index is 13.4. The molecule has 0 bridgehead atoms. The molecule has 59 heavy (non-hydrogen) atoms. The van der Waals surface area contributed by atoms with Gasteiger partial charge in [0.15, 0.2) is 5.96 Å². The number of fused-ring (bicyclic) bond motifs is 1. The molecule has 2 rings (SSSR count). The summed E-state index contributed by atoms with van der Waals surface area (Å²) in [4.78, 5) is 116. The van der Waals surface area contributed by atoms with Crippen molar-refractivity contribution in [2.24, 2.45) is 27.9 Å². The molecule has 0 saturated carbocycles. The first kappa shape index (κ1) is 49.5.